The van der Waals surface area contributed by atoms with Crippen molar-refractivity contribution in [2.75, 3.05) is 11.5 Å². The number of aryl methyl sites for hydroxylation is 1. The molecule has 1 aliphatic rings. The van der Waals surface area contributed by atoms with Crippen molar-refractivity contribution in [2.24, 2.45) is 0 Å². The van der Waals surface area contributed by atoms with Crippen molar-refractivity contribution in [1.29, 1.82) is 0 Å². The number of halogens is 1. The van der Waals surface area contributed by atoms with Gasteiger partial charge in [-0.25, -0.2) is 0 Å². The van der Waals surface area contributed by atoms with Crippen LogP contribution in [0.4, 0.5) is 5.69 Å². The standard InChI is InChI=1S/C28H27ClN4OS/c1-4-34-23-13-11-21(12-14-23)33-27(26(31-28(33)35)25-10-5-6-15-30-25)24-16-18(2)32(19(24)3)22-9-7-8-20(29)17-22/h5-17,26-27H,4H2,1-3H3,(H,31,35)/t26-,27+/m0/s1. The maximum atomic E-state index is 6.33. The average molecular weight is 503 g/mol. The lowest BCUT2D eigenvalue weighted by Crippen LogP contribution is -2.29. The van der Waals surface area contributed by atoms with Crippen LogP contribution >= 0.6 is 23.8 Å². The van der Waals surface area contributed by atoms with Gasteiger partial charge in [-0.15, -0.1) is 0 Å². The van der Waals surface area contributed by atoms with Crippen LogP contribution < -0.4 is 15.0 Å². The van der Waals surface area contributed by atoms with Crippen LogP contribution in [-0.2, 0) is 0 Å². The van der Waals surface area contributed by atoms with E-state index in [9.17, 15) is 0 Å². The van der Waals surface area contributed by atoms with Gasteiger partial charge in [0, 0.05) is 34.0 Å². The average Bonchev–Trinajstić information content (AvgIpc) is 3.35. The highest BCUT2D eigenvalue weighted by molar-refractivity contribution is 7.80. The first-order valence-electron chi connectivity index (χ1n) is 11.7. The summed E-state index contributed by atoms with van der Waals surface area (Å²) in [5.41, 5.74) is 6.43. The lowest BCUT2D eigenvalue weighted by Gasteiger charge is -2.28. The van der Waals surface area contributed by atoms with Crippen molar-refractivity contribution in [3.8, 4) is 11.4 Å². The minimum Gasteiger partial charge on any atom is -0.494 e. The van der Waals surface area contributed by atoms with Crippen LogP contribution in [0.1, 0.15) is 41.7 Å². The van der Waals surface area contributed by atoms with Gasteiger partial charge in [0.25, 0.3) is 0 Å². The normalized spacial score (nSPS) is 17.5. The third kappa shape index (κ3) is 4.40. The Hall–Kier alpha value is -3.35. The van der Waals surface area contributed by atoms with Crippen LogP contribution in [0.5, 0.6) is 5.75 Å². The Balaban J connectivity index is 1.64. The summed E-state index contributed by atoms with van der Waals surface area (Å²) in [6.07, 6.45) is 1.83. The fourth-order valence-electron chi connectivity index (χ4n) is 4.92. The van der Waals surface area contributed by atoms with Gasteiger partial charge in [-0.05, 0) is 99.2 Å². The molecular weight excluding hydrogens is 476 g/mol. The van der Waals surface area contributed by atoms with Crippen LogP contribution in [0.25, 0.3) is 5.69 Å². The zero-order valence-corrected chi connectivity index (χ0v) is 21.5. The van der Waals surface area contributed by atoms with E-state index in [1.54, 1.807) is 0 Å². The number of ether oxygens (including phenoxy) is 1. The van der Waals surface area contributed by atoms with Crippen LogP contribution in [-0.4, -0.2) is 21.3 Å². The smallest absolute Gasteiger partial charge is 0.174 e. The first-order chi connectivity index (χ1) is 17.0. The summed E-state index contributed by atoms with van der Waals surface area (Å²) < 4.78 is 7.90. The van der Waals surface area contributed by atoms with E-state index in [4.69, 9.17) is 28.6 Å². The van der Waals surface area contributed by atoms with E-state index in [-0.39, 0.29) is 12.1 Å². The van der Waals surface area contributed by atoms with Gasteiger partial charge in [-0.1, -0.05) is 23.7 Å². The second kappa shape index (κ2) is 9.72. The molecule has 5 nitrogen and oxygen atoms in total. The van der Waals surface area contributed by atoms with Gasteiger partial charge in [0.1, 0.15) is 5.75 Å². The van der Waals surface area contributed by atoms with Gasteiger partial charge in [-0.3, -0.25) is 4.98 Å². The van der Waals surface area contributed by atoms with E-state index in [2.05, 4.69) is 57.9 Å². The largest absolute Gasteiger partial charge is 0.494 e. The van der Waals surface area contributed by atoms with E-state index in [0.717, 1.165) is 34.2 Å². The number of aromatic nitrogens is 2. The monoisotopic (exact) mass is 502 g/mol. The summed E-state index contributed by atoms with van der Waals surface area (Å²) in [6.45, 7) is 6.88. The van der Waals surface area contributed by atoms with Crippen LogP contribution in [0.15, 0.2) is 79.0 Å². The summed E-state index contributed by atoms with van der Waals surface area (Å²) >= 11 is 12.2. The Morgan fingerprint density at radius 1 is 1.00 bits per heavy atom. The Bertz CT molecular complexity index is 1350. The molecule has 1 aliphatic heterocycles. The molecular formula is C28H27ClN4OS. The summed E-state index contributed by atoms with van der Waals surface area (Å²) in [6, 6.07) is 24.1. The molecule has 178 valence electrons. The predicted molar refractivity (Wildman–Crippen MR) is 146 cm³/mol. The topological polar surface area (TPSA) is 42.3 Å². The lowest BCUT2D eigenvalue weighted by molar-refractivity contribution is 0.340. The fraction of sp³-hybridized carbons (Fsp3) is 0.214. The van der Waals surface area contributed by atoms with E-state index < -0.39 is 0 Å². The minimum atomic E-state index is -0.108. The van der Waals surface area contributed by atoms with E-state index in [0.29, 0.717) is 16.7 Å². The minimum absolute atomic E-state index is 0.0884. The van der Waals surface area contributed by atoms with Crippen molar-refractivity contribution >= 4 is 34.6 Å². The summed E-state index contributed by atoms with van der Waals surface area (Å²) in [4.78, 5) is 6.86. The van der Waals surface area contributed by atoms with E-state index in [1.807, 2.05) is 61.7 Å². The van der Waals surface area contributed by atoms with Crippen molar-refractivity contribution < 1.29 is 4.74 Å². The zero-order valence-electron chi connectivity index (χ0n) is 19.9. The summed E-state index contributed by atoms with van der Waals surface area (Å²) in [5, 5.41) is 4.92. The molecule has 1 saturated heterocycles. The maximum absolute atomic E-state index is 6.33. The number of rotatable bonds is 6. The van der Waals surface area contributed by atoms with Crippen molar-refractivity contribution in [3.63, 3.8) is 0 Å². The van der Waals surface area contributed by atoms with Gasteiger partial charge < -0.3 is 19.5 Å². The number of hydrogen-bond acceptors (Lipinski definition) is 3. The quantitative estimate of drug-likeness (QED) is 0.296. The highest BCUT2D eigenvalue weighted by Gasteiger charge is 2.42. The molecule has 2 aromatic carbocycles. The molecule has 0 amide bonds. The zero-order chi connectivity index (χ0) is 24.5. The molecule has 0 radical (unpaired) electrons. The number of pyridine rings is 1. The van der Waals surface area contributed by atoms with Crippen molar-refractivity contribution in [3.05, 3.63) is 107 Å². The third-order valence-electron chi connectivity index (χ3n) is 6.38. The lowest BCUT2D eigenvalue weighted by atomic mass is 9.96. The molecule has 1 fully saturated rings. The molecule has 0 bridgehead atoms. The number of nitrogens with zero attached hydrogens (tertiary/aromatic N) is 3. The molecule has 2 atom stereocenters. The van der Waals surface area contributed by atoms with Crippen LogP contribution in [0.2, 0.25) is 5.02 Å². The fourth-order valence-corrected chi connectivity index (χ4v) is 5.45. The molecule has 1 N–H and O–H groups in total. The van der Waals surface area contributed by atoms with Gasteiger partial charge in [0.05, 0.1) is 24.4 Å². The molecule has 35 heavy (non-hydrogen) atoms. The Labute approximate surface area is 216 Å². The molecule has 0 unspecified atom stereocenters. The predicted octanol–water partition coefficient (Wildman–Crippen LogP) is 6.72. The van der Waals surface area contributed by atoms with E-state index >= 15 is 0 Å². The molecule has 0 saturated carbocycles. The van der Waals surface area contributed by atoms with Gasteiger partial charge in [0.15, 0.2) is 5.11 Å². The summed E-state index contributed by atoms with van der Waals surface area (Å²) in [5.74, 6) is 0.839. The molecule has 0 aliphatic carbocycles. The molecule has 7 heteroatoms. The Morgan fingerprint density at radius 2 is 1.80 bits per heavy atom. The van der Waals surface area contributed by atoms with Crippen LogP contribution in [0, 0.1) is 13.8 Å². The van der Waals surface area contributed by atoms with Gasteiger partial charge in [0.2, 0.25) is 0 Å². The third-order valence-corrected chi connectivity index (χ3v) is 6.93. The molecule has 5 rings (SSSR count). The van der Waals surface area contributed by atoms with Crippen LogP contribution in [0.3, 0.4) is 0 Å². The number of hydrogen-bond donors (Lipinski definition) is 1. The second-order valence-electron chi connectivity index (χ2n) is 8.57. The first kappa shape index (κ1) is 23.4. The number of anilines is 1. The van der Waals surface area contributed by atoms with Crippen molar-refractivity contribution in [2.45, 2.75) is 32.9 Å². The second-order valence-corrected chi connectivity index (χ2v) is 9.39. The van der Waals surface area contributed by atoms with Gasteiger partial charge >= 0.3 is 0 Å². The maximum Gasteiger partial charge on any atom is 0.174 e. The highest BCUT2D eigenvalue weighted by Crippen LogP contribution is 2.44. The SMILES string of the molecule is CCOc1ccc(N2C(=S)N[C@@H](c3ccccn3)[C@H]2c2cc(C)n(-c3cccc(Cl)c3)c2C)cc1. The van der Waals surface area contributed by atoms with Crippen molar-refractivity contribution in [1.82, 2.24) is 14.9 Å². The number of benzene rings is 2. The molecule has 2 aromatic heterocycles. The number of nitrogens with one attached hydrogen (secondary N) is 1. The summed E-state index contributed by atoms with van der Waals surface area (Å²) in [7, 11) is 0. The molecule has 3 heterocycles. The molecule has 0 spiro atoms. The number of thiocarbonyl (C=S) groups is 1. The Kier molecular flexibility index (Phi) is 6.50. The highest BCUT2D eigenvalue weighted by atomic mass is 35.5. The van der Waals surface area contributed by atoms with Gasteiger partial charge in [-0.2, -0.15) is 0 Å². The Morgan fingerprint density at radius 3 is 2.49 bits per heavy atom. The molecule has 4 aromatic rings. The first-order valence-corrected chi connectivity index (χ1v) is 12.4. The van der Waals surface area contributed by atoms with E-state index in [1.165, 1.54) is 5.56 Å².